The number of rotatable bonds is 3. The first-order valence-corrected chi connectivity index (χ1v) is 5.55. The Morgan fingerprint density at radius 3 is 2.65 bits per heavy atom. The van der Waals surface area contributed by atoms with E-state index in [0.29, 0.717) is 31.7 Å². The minimum atomic E-state index is -0.569. The van der Waals surface area contributed by atoms with Gasteiger partial charge in [0.1, 0.15) is 0 Å². The Kier molecular flexibility index (Phi) is 3.43. The van der Waals surface area contributed by atoms with Crippen molar-refractivity contribution in [1.29, 1.82) is 0 Å². The minimum absolute atomic E-state index is 0.0351. The van der Waals surface area contributed by atoms with Gasteiger partial charge in [0.2, 0.25) is 5.78 Å². The van der Waals surface area contributed by atoms with Crippen molar-refractivity contribution in [2.45, 2.75) is 12.8 Å². The van der Waals surface area contributed by atoms with E-state index in [-0.39, 0.29) is 11.7 Å². The molecule has 6 heteroatoms. The van der Waals surface area contributed by atoms with Crippen molar-refractivity contribution in [3.63, 3.8) is 0 Å². The normalized spacial score (nSPS) is 17.9. The number of urea groups is 1. The van der Waals surface area contributed by atoms with Crippen molar-refractivity contribution in [2.24, 2.45) is 11.7 Å². The summed E-state index contributed by atoms with van der Waals surface area (Å²) in [4.78, 5) is 22.6. The SMILES string of the molecule is NC(=O)NN1CCC(C(=O)c2ccco2)CC1. The molecule has 6 nitrogen and oxygen atoms in total. The molecule has 1 aliphatic rings. The number of amides is 2. The lowest BCUT2D eigenvalue weighted by Gasteiger charge is -2.30. The van der Waals surface area contributed by atoms with Crippen molar-refractivity contribution < 1.29 is 14.0 Å². The third-order valence-electron chi connectivity index (χ3n) is 2.90. The van der Waals surface area contributed by atoms with E-state index in [1.807, 2.05) is 0 Å². The van der Waals surface area contributed by atoms with Gasteiger partial charge in [-0.25, -0.2) is 9.80 Å². The maximum absolute atomic E-state index is 12.0. The molecule has 17 heavy (non-hydrogen) atoms. The number of carbonyl (C=O) groups excluding carboxylic acids is 2. The molecular weight excluding hydrogens is 222 g/mol. The van der Waals surface area contributed by atoms with Crippen LogP contribution >= 0.6 is 0 Å². The van der Waals surface area contributed by atoms with Gasteiger partial charge in [0.25, 0.3) is 0 Å². The first-order valence-electron chi connectivity index (χ1n) is 5.55. The van der Waals surface area contributed by atoms with Crippen molar-refractivity contribution >= 4 is 11.8 Å². The molecule has 0 unspecified atom stereocenters. The Balaban J connectivity index is 1.87. The summed E-state index contributed by atoms with van der Waals surface area (Å²) in [5.74, 6) is 0.409. The molecule has 2 rings (SSSR count). The predicted molar refractivity (Wildman–Crippen MR) is 60.1 cm³/mol. The Labute approximate surface area is 98.7 Å². The number of piperidine rings is 1. The lowest BCUT2D eigenvalue weighted by atomic mass is 9.92. The molecule has 1 aromatic rings. The Bertz CT molecular complexity index is 394. The lowest BCUT2D eigenvalue weighted by molar-refractivity contribution is 0.0775. The highest BCUT2D eigenvalue weighted by Crippen LogP contribution is 2.21. The van der Waals surface area contributed by atoms with Gasteiger partial charge in [-0.2, -0.15) is 0 Å². The largest absolute Gasteiger partial charge is 0.461 e. The molecule has 2 amide bonds. The van der Waals surface area contributed by atoms with Crippen LogP contribution < -0.4 is 11.2 Å². The Morgan fingerprint density at radius 1 is 1.41 bits per heavy atom. The average molecular weight is 237 g/mol. The second-order valence-corrected chi connectivity index (χ2v) is 4.08. The van der Waals surface area contributed by atoms with E-state index in [1.54, 1.807) is 17.1 Å². The minimum Gasteiger partial charge on any atom is -0.461 e. The van der Waals surface area contributed by atoms with Gasteiger partial charge in [-0.15, -0.1) is 0 Å². The summed E-state index contributed by atoms with van der Waals surface area (Å²) in [5.41, 5.74) is 7.53. The number of furan rings is 1. The number of nitrogens with zero attached hydrogens (tertiary/aromatic N) is 1. The molecule has 0 saturated carbocycles. The zero-order chi connectivity index (χ0) is 12.3. The van der Waals surface area contributed by atoms with Crippen molar-refractivity contribution in [1.82, 2.24) is 10.4 Å². The molecule has 0 spiro atoms. The highest BCUT2D eigenvalue weighted by molar-refractivity contribution is 5.95. The summed E-state index contributed by atoms with van der Waals surface area (Å²) in [6.45, 7) is 1.25. The smallest absolute Gasteiger partial charge is 0.326 e. The number of hydrazine groups is 1. The van der Waals surface area contributed by atoms with Gasteiger partial charge in [-0.1, -0.05) is 0 Å². The van der Waals surface area contributed by atoms with Crippen molar-refractivity contribution in [3.05, 3.63) is 24.2 Å². The van der Waals surface area contributed by atoms with Crippen LogP contribution in [0.2, 0.25) is 0 Å². The van der Waals surface area contributed by atoms with Crippen LogP contribution in [0.4, 0.5) is 4.79 Å². The van der Waals surface area contributed by atoms with Gasteiger partial charge in [-0.05, 0) is 25.0 Å². The number of carbonyl (C=O) groups is 2. The first kappa shape index (κ1) is 11.7. The monoisotopic (exact) mass is 237 g/mol. The van der Waals surface area contributed by atoms with Crippen LogP contribution in [-0.2, 0) is 0 Å². The van der Waals surface area contributed by atoms with E-state index < -0.39 is 6.03 Å². The number of primary amides is 1. The van der Waals surface area contributed by atoms with Crippen LogP contribution in [0.15, 0.2) is 22.8 Å². The molecular formula is C11H15N3O3. The molecule has 0 radical (unpaired) electrons. The van der Waals surface area contributed by atoms with E-state index in [9.17, 15) is 9.59 Å². The number of nitrogens with one attached hydrogen (secondary N) is 1. The molecule has 0 bridgehead atoms. The van der Waals surface area contributed by atoms with Gasteiger partial charge in [0.15, 0.2) is 5.76 Å². The van der Waals surface area contributed by atoms with E-state index in [4.69, 9.17) is 10.2 Å². The highest BCUT2D eigenvalue weighted by Gasteiger charge is 2.27. The van der Waals surface area contributed by atoms with Crippen molar-refractivity contribution in [2.75, 3.05) is 13.1 Å². The number of nitrogens with two attached hydrogens (primary N) is 1. The first-order chi connectivity index (χ1) is 8.16. The third kappa shape index (κ3) is 2.85. The summed E-state index contributed by atoms with van der Waals surface area (Å²) in [6.07, 6.45) is 2.89. The highest BCUT2D eigenvalue weighted by atomic mass is 16.3. The van der Waals surface area contributed by atoms with Crippen LogP contribution in [-0.4, -0.2) is 29.9 Å². The lowest BCUT2D eigenvalue weighted by Crippen LogP contribution is -2.49. The molecule has 1 aromatic heterocycles. The van der Waals surface area contributed by atoms with Crippen molar-refractivity contribution in [3.8, 4) is 0 Å². The number of hydrogen-bond donors (Lipinski definition) is 2. The van der Waals surface area contributed by atoms with Crippen LogP contribution in [0.5, 0.6) is 0 Å². The summed E-state index contributed by atoms with van der Waals surface area (Å²) in [5, 5.41) is 1.73. The maximum Gasteiger partial charge on any atom is 0.326 e. The molecule has 0 atom stereocenters. The zero-order valence-corrected chi connectivity index (χ0v) is 9.39. The third-order valence-corrected chi connectivity index (χ3v) is 2.90. The number of hydrogen-bond acceptors (Lipinski definition) is 4. The van der Waals surface area contributed by atoms with Gasteiger partial charge >= 0.3 is 6.03 Å². The van der Waals surface area contributed by atoms with E-state index in [0.717, 1.165) is 0 Å². The summed E-state index contributed by atoms with van der Waals surface area (Å²) in [7, 11) is 0. The second-order valence-electron chi connectivity index (χ2n) is 4.08. The van der Waals surface area contributed by atoms with Gasteiger partial charge in [0.05, 0.1) is 6.26 Å². The maximum atomic E-state index is 12.0. The molecule has 92 valence electrons. The van der Waals surface area contributed by atoms with Crippen LogP contribution in [0.25, 0.3) is 0 Å². The molecule has 1 saturated heterocycles. The summed E-state index contributed by atoms with van der Waals surface area (Å²) < 4.78 is 5.09. The van der Waals surface area contributed by atoms with Crippen LogP contribution in [0, 0.1) is 5.92 Å². The van der Waals surface area contributed by atoms with E-state index in [1.165, 1.54) is 6.26 Å². The van der Waals surface area contributed by atoms with Crippen LogP contribution in [0.3, 0.4) is 0 Å². The second kappa shape index (κ2) is 5.01. The fourth-order valence-electron chi connectivity index (χ4n) is 2.03. The van der Waals surface area contributed by atoms with Crippen LogP contribution in [0.1, 0.15) is 23.4 Å². The summed E-state index contributed by atoms with van der Waals surface area (Å²) >= 11 is 0. The average Bonchev–Trinajstić information content (AvgIpc) is 2.82. The number of Topliss-reactive ketones (excluding diaryl/α,β-unsaturated/α-hetero) is 1. The Hall–Kier alpha value is -1.82. The Morgan fingerprint density at radius 2 is 2.12 bits per heavy atom. The van der Waals surface area contributed by atoms with E-state index in [2.05, 4.69) is 5.43 Å². The quantitative estimate of drug-likeness (QED) is 0.759. The molecule has 1 fully saturated rings. The molecule has 2 heterocycles. The van der Waals surface area contributed by atoms with Gasteiger partial charge in [-0.3, -0.25) is 10.2 Å². The molecule has 1 aliphatic heterocycles. The number of ketones is 1. The van der Waals surface area contributed by atoms with E-state index >= 15 is 0 Å². The zero-order valence-electron chi connectivity index (χ0n) is 9.39. The summed E-state index contributed by atoms with van der Waals surface area (Å²) in [6, 6.07) is 2.81. The predicted octanol–water partition coefficient (Wildman–Crippen LogP) is 0.758. The van der Waals surface area contributed by atoms with Gasteiger partial charge < -0.3 is 10.2 Å². The fourth-order valence-corrected chi connectivity index (χ4v) is 2.03. The standard InChI is InChI=1S/C11H15N3O3/c12-11(16)13-14-5-3-8(4-6-14)10(15)9-2-1-7-17-9/h1-2,7-8H,3-6H2,(H3,12,13,16). The fraction of sp³-hybridized carbons (Fsp3) is 0.455. The van der Waals surface area contributed by atoms with Gasteiger partial charge in [0, 0.05) is 19.0 Å². The topological polar surface area (TPSA) is 88.6 Å². The molecule has 0 aliphatic carbocycles. The molecule has 3 N–H and O–H groups in total. The molecule has 0 aromatic carbocycles.